The number of nitrogens with zero attached hydrogens (tertiary/aromatic N) is 3. The number of amides is 1. The number of hydrogen-bond donors (Lipinski definition) is 1. The van der Waals surface area contributed by atoms with Crippen LogP contribution in [0.15, 0.2) is 64.5 Å². The molecule has 0 saturated heterocycles. The van der Waals surface area contributed by atoms with Crippen molar-refractivity contribution in [3.63, 3.8) is 0 Å². The molecule has 0 radical (unpaired) electrons. The Kier molecular flexibility index (Phi) is 5.62. The SMILES string of the molecule is O=C(CSc1n[nH]c(=O)n1CCc1ccccc1)N1CCCc2ccccc21. The zero-order valence-electron chi connectivity index (χ0n) is 15.5. The first kappa shape index (κ1) is 18.6. The number of fused-ring (bicyclic) bond motifs is 1. The lowest BCUT2D eigenvalue weighted by Crippen LogP contribution is -2.36. The van der Waals surface area contributed by atoms with Gasteiger partial charge in [0.2, 0.25) is 5.91 Å². The number of nitrogens with one attached hydrogen (secondary N) is 1. The third-order valence-electron chi connectivity index (χ3n) is 4.93. The summed E-state index contributed by atoms with van der Waals surface area (Å²) in [6, 6.07) is 18.1. The summed E-state index contributed by atoms with van der Waals surface area (Å²) in [7, 11) is 0. The van der Waals surface area contributed by atoms with E-state index >= 15 is 0 Å². The minimum Gasteiger partial charge on any atom is -0.311 e. The zero-order valence-corrected chi connectivity index (χ0v) is 16.3. The first-order valence-corrected chi connectivity index (χ1v) is 10.4. The summed E-state index contributed by atoms with van der Waals surface area (Å²) >= 11 is 1.31. The molecule has 1 N–H and O–H groups in total. The summed E-state index contributed by atoms with van der Waals surface area (Å²) in [6.45, 7) is 1.26. The standard InChI is InChI=1S/C21H22N4O2S/c26-19(24-13-6-10-17-9-4-5-11-18(17)24)15-28-21-23-22-20(27)25(21)14-12-16-7-2-1-3-8-16/h1-5,7-9,11H,6,10,12-15H2,(H,22,27). The van der Waals surface area contributed by atoms with Crippen molar-refractivity contribution < 1.29 is 4.79 Å². The summed E-state index contributed by atoms with van der Waals surface area (Å²) < 4.78 is 1.61. The van der Waals surface area contributed by atoms with Crippen molar-refractivity contribution in [3.8, 4) is 0 Å². The molecule has 144 valence electrons. The van der Waals surface area contributed by atoms with Crippen molar-refractivity contribution in [2.45, 2.75) is 31.0 Å². The van der Waals surface area contributed by atoms with Crippen LogP contribution >= 0.6 is 11.8 Å². The molecular weight excluding hydrogens is 372 g/mol. The van der Waals surface area contributed by atoms with Crippen LogP contribution in [0.2, 0.25) is 0 Å². The van der Waals surface area contributed by atoms with Crippen molar-refractivity contribution in [2.24, 2.45) is 0 Å². The van der Waals surface area contributed by atoms with Gasteiger partial charge in [0.05, 0.1) is 5.75 Å². The summed E-state index contributed by atoms with van der Waals surface area (Å²) in [5.74, 6) is 0.298. The average Bonchev–Trinajstić information content (AvgIpc) is 3.10. The van der Waals surface area contributed by atoms with Crippen LogP contribution in [0.1, 0.15) is 17.5 Å². The fraction of sp³-hybridized carbons (Fsp3) is 0.286. The van der Waals surface area contributed by atoms with Crippen LogP contribution in [0.5, 0.6) is 0 Å². The van der Waals surface area contributed by atoms with Crippen molar-refractivity contribution in [1.29, 1.82) is 0 Å². The molecule has 0 unspecified atom stereocenters. The maximum Gasteiger partial charge on any atom is 0.343 e. The highest BCUT2D eigenvalue weighted by Gasteiger charge is 2.22. The zero-order chi connectivity index (χ0) is 19.3. The lowest BCUT2D eigenvalue weighted by molar-refractivity contribution is -0.116. The molecule has 1 aliphatic heterocycles. The smallest absolute Gasteiger partial charge is 0.311 e. The van der Waals surface area contributed by atoms with E-state index in [4.69, 9.17) is 0 Å². The second-order valence-electron chi connectivity index (χ2n) is 6.76. The van der Waals surface area contributed by atoms with E-state index in [9.17, 15) is 9.59 Å². The number of aryl methyl sites for hydroxylation is 2. The van der Waals surface area contributed by atoms with E-state index in [0.29, 0.717) is 11.7 Å². The molecule has 2 heterocycles. The van der Waals surface area contributed by atoms with Gasteiger partial charge in [-0.15, -0.1) is 5.10 Å². The normalized spacial score (nSPS) is 13.4. The van der Waals surface area contributed by atoms with Gasteiger partial charge in [0.25, 0.3) is 0 Å². The minimum absolute atomic E-state index is 0.0437. The molecule has 1 aliphatic rings. The lowest BCUT2D eigenvalue weighted by atomic mass is 10.0. The Labute approximate surface area is 167 Å². The van der Waals surface area contributed by atoms with Crippen LogP contribution in [-0.2, 0) is 24.2 Å². The molecule has 2 aromatic carbocycles. The van der Waals surface area contributed by atoms with Gasteiger partial charge in [-0.1, -0.05) is 60.3 Å². The van der Waals surface area contributed by atoms with E-state index in [-0.39, 0.29) is 17.3 Å². The predicted octanol–water partition coefficient (Wildman–Crippen LogP) is 2.89. The summed E-state index contributed by atoms with van der Waals surface area (Å²) in [6.07, 6.45) is 2.71. The van der Waals surface area contributed by atoms with Gasteiger partial charge < -0.3 is 4.90 Å². The highest BCUT2D eigenvalue weighted by molar-refractivity contribution is 7.99. The largest absolute Gasteiger partial charge is 0.343 e. The number of thioether (sulfide) groups is 1. The molecule has 1 aromatic heterocycles. The number of para-hydroxylation sites is 1. The molecule has 3 aromatic rings. The summed E-state index contributed by atoms with van der Waals surface area (Å²) in [5, 5.41) is 7.17. The Morgan fingerprint density at radius 2 is 1.89 bits per heavy atom. The van der Waals surface area contributed by atoms with Gasteiger partial charge in [-0.25, -0.2) is 9.89 Å². The van der Waals surface area contributed by atoms with Crippen molar-refractivity contribution >= 4 is 23.4 Å². The highest BCUT2D eigenvalue weighted by atomic mass is 32.2. The van der Waals surface area contributed by atoms with Crippen LogP contribution < -0.4 is 10.6 Å². The van der Waals surface area contributed by atoms with Gasteiger partial charge in [0.1, 0.15) is 0 Å². The molecule has 0 atom stereocenters. The maximum atomic E-state index is 12.8. The Morgan fingerprint density at radius 1 is 1.11 bits per heavy atom. The third kappa shape index (κ3) is 4.04. The van der Waals surface area contributed by atoms with Crippen LogP contribution in [0.4, 0.5) is 5.69 Å². The second-order valence-corrected chi connectivity index (χ2v) is 7.71. The molecular formula is C21H22N4O2S. The summed E-state index contributed by atoms with van der Waals surface area (Å²) in [5.41, 5.74) is 3.14. The van der Waals surface area contributed by atoms with E-state index < -0.39 is 0 Å². The first-order chi connectivity index (χ1) is 13.7. The molecule has 0 bridgehead atoms. The number of benzene rings is 2. The Bertz CT molecular complexity index is 1010. The number of carbonyl (C=O) groups is 1. The molecule has 7 heteroatoms. The molecule has 1 amide bonds. The van der Waals surface area contributed by atoms with E-state index in [1.807, 2.05) is 53.4 Å². The van der Waals surface area contributed by atoms with Crippen LogP contribution in [-0.4, -0.2) is 33.0 Å². The van der Waals surface area contributed by atoms with Gasteiger partial charge in [0.15, 0.2) is 5.16 Å². The molecule has 0 aliphatic carbocycles. The monoisotopic (exact) mass is 394 g/mol. The predicted molar refractivity (Wildman–Crippen MR) is 111 cm³/mol. The lowest BCUT2D eigenvalue weighted by Gasteiger charge is -2.29. The Morgan fingerprint density at radius 3 is 2.75 bits per heavy atom. The molecule has 28 heavy (non-hydrogen) atoms. The maximum absolute atomic E-state index is 12.8. The van der Waals surface area contributed by atoms with Gasteiger partial charge in [-0.05, 0) is 36.5 Å². The fourth-order valence-corrected chi connectivity index (χ4v) is 4.34. The van der Waals surface area contributed by atoms with E-state index in [1.165, 1.54) is 17.3 Å². The van der Waals surface area contributed by atoms with Gasteiger partial charge in [0, 0.05) is 18.8 Å². The van der Waals surface area contributed by atoms with Crippen molar-refractivity contribution in [2.75, 3.05) is 17.2 Å². The molecule has 6 nitrogen and oxygen atoms in total. The minimum atomic E-state index is -0.241. The van der Waals surface area contributed by atoms with Gasteiger partial charge in [-0.2, -0.15) is 0 Å². The van der Waals surface area contributed by atoms with Crippen LogP contribution in [0.25, 0.3) is 0 Å². The number of aromatic amines is 1. The fourth-order valence-electron chi connectivity index (χ4n) is 3.49. The van der Waals surface area contributed by atoms with E-state index in [2.05, 4.69) is 16.3 Å². The Balaban J connectivity index is 1.42. The molecule has 0 saturated carbocycles. The van der Waals surface area contributed by atoms with Crippen molar-refractivity contribution in [3.05, 3.63) is 76.2 Å². The number of H-pyrrole nitrogens is 1. The average molecular weight is 395 g/mol. The van der Waals surface area contributed by atoms with Crippen molar-refractivity contribution in [1.82, 2.24) is 14.8 Å². The van der Waals surface area contributed by atoms with Crippen LogP contribution in [0.3, 0.4) is 0 Å². The van der Waals surface area contributed by atoms with E-state index in [1.54, 1.807) is 4.57 Å². The Hall–Kier alpha value is -2.80. The number of hydrogen-bond acceptors (Lipinski definition) is 4. The molecule has 0 spiro atoms. The number of anilines is 1. The molecule has 0 fully saturated rings. The quantitative estimate of drug-likeness (QED) is 0.653. The number of carbonyl (C=O) groups excluding carboxylic acids is 1. The second kappa shape index (κ2) is 8.48. The number of rotatable bonds is 6. The topological polar surface area (TPSA) is 71.0 Å². The van der Waals surface area contributed by atoms with Gasteiger partial charge in [-0.3, -0.25) is 9.36 Å². The number of aromatic nitrogens is 3. The van der Waals surface area contributed by atoms with Gasteiger partial charge >= 0.3 is 5.69 Å². The summed E-state index contributed by atoms with van der Waals surface area (Å²) in [4.78, 5) is 26.8. The molecule has 4 rings (SSSR count). The van der Waals surface area contributed by atoms with E-state index in [0.717, 1.165) is 37.1 Å². The highest BCUT2D eigenvalue weighted by Crippen LogP contribution is 2.27. The van der Waals surface area contributed by atoms with Crippen LogP contribution in [0, 0.1) is 0 Å². The third-order valence-corrected chi connectivity index (χ3v) is 5.89. The first-order valence-electron chi connectivity index (χ1n) is 9.42.